The molecule has 1 aliphatic rings. The van der Waals surface area contributed by atoms with Crippen LogP contribution in [-0.2, 0) is 11.3 Å². The Balaban J connectivity index is 2.00. The number of hydrogen-bond acceptors (Lipinski definition) is 3. The average Bonchev–Trinajstić information content (AvgIpc) is 2.87. The minimum atomic E-state index is -0.415. The van der Waals surface area contributed by atoms with Crippen molar-refractivity contribution in [3.05, 3.63) is 35.4 Å². The molecule has 1 aliphatic heterocycles. The summed E-state index contributed by atoms with van der Waals surface area (Å²) in [5.74, 6) is 0.217. The largest absolute Gasteiger partial charge is 0.350 e. The van der Waals surface area contributed by atoms with Crippen LogP contribution < -0.4 is 10.6 Å². The number of hydrogen-bond donors (Lipinski definition) is 2. The predicted molar refractivity (Wildman–Crippen MR) is 96.0 cm³/mol. The molecule has 1 atom stereocenters. The zero-order valence-electron chi connectivity index (χ0n) is 15.2. The predicted octanol–water partition coefficient (Wildman–Crippen LogP) is 2.68. The van der Waals surface area contributed by atoms with Gasteiger partial charge in [0.1, 0.15) is 0 Å². The normalized spacial score (nSPS) is 15.4. The Hall–Kier alpha value is -2.37. The number of benzene rings is 1. The fourth-order valence-electron chi connectivity index (χ4n) is 2.87. The van der Waals surface area contributed by atoms with Crippen LogP contribution in [0, 0.1) is 5.92 Å². The van der Waals surface area contributed by atoms with Gasteiger partial charge in [-0.15, -0.1) is 0 Å². The first kappa shape index (κ1) is 19.0. The Labute approximate surface area is 149 Å². The van der Waals surface area contributed by atoms with Crippen LogP contribution in [0.1, 0.15) is 56.0 Å². The maximum atomic E-state index is 12.6. The molecule has 0 aliphatic carbocycles. The van der Waals surface area contributed by atoms with Crippen LogP contribution in [-0.4, -0.2) is 35.3 Å². The van der Waals surface area contributed by atoms with Gasteiger partial charge < -0.3 is 10.6 Å². The van der Waals surface area contributed by atoms with E-state index in [9.17, 15) is 14.4 Å². The smallest absolute Gasteiger partial charge is 0.324 e. The van der Waals surface area contributed by atoms with Crippen LogP contribution in [0.4, 0.5) is 4.79 Å². The molecule has 6 nitrogen and oxygen atoms in total. The molecule has 4 amide bonds. The van der Waals surface area contributed by atoms with E-state index in [1.807, 2.05) is 6.92 Å². The summed E-state index contributed by atoms with van der Waals surface area (Å²) in [6.07, 6.45) is 3.14. The summed E-state index contributed by atoms with van der Waals surface area (Å²) >= 11 is 0. The molecule has 1 heterocycles. The van der Waals surface area contributed by atoms with Gasteiger partial charge in [-0.2, -0.15) is 0 Å². The summed E-state index contributed by atoms with van der Waals surface area (Å²) in [6.45, 7) is 6.50. The van der Waals surface area contributed by atoms with E-state index in [1.165, 1.54) is 0 Å². The molecule has 0 saturated carbocycles. The Morgan fingerprint density at radius 1 is 1.20 bits per heavy atom. The maximum absolute atomic E-state index is 12.6. The highest BCUT2D eigenvalue weighted by Gasteiger charge is 2.29. The first-order valence-corrected chi connectivity index (χ1v) is 8.85. The van der Waals surface area contributed by atoms with E-state index < -0.39 is 6.03 Å². The van der Waals surface area contributed by atoms with E-state index >= 15 is 0 Å². The van der Waals surface area contributed by atoms with Crippen LogP contribution in [0.5, 0.6) is 0 Å². The van der Waals surface area contributed by atoms with E-state index in [4.69, 9.17) is 0 Å². The van der Waals surface area contributed by atoms with Gasteiger partial charge in [0.15, 0.2) is 0 Å². The molecule has 0 spiro atoms. The van der Waals surface area contributed by atoms with E-state index in [1.54, 1.807) is 24.3 Å². The zero-order valence-corrected chi connectivity index (χ0v) is 15.2. The Morgan fingerprint density at radius 3 is 2.56 bits per heavy atom. The topological polar surface area (TPSA) is 78.5 Å². The first-order valence-electron chi connectivity index (χ1n) is 8.85. The third-order valence-electron chi connectivity index (χ3n) is 4.32. The summed E-state index contributed by atoms with van der Waals surface area (Å²) in [5, 5.41) is 5.50. The van der Waals surface area contributed by atoms with Crippen molar-refractivity contribution in [2.75, 3.05) is 6.54 Å². The number of rotatable bonds is 8. The van der Waals surface area contributed by atoms with Gasteiger partial charge in [0.05, 0.1) is 13.1 Å². The van der Waals surface area contributed by atoms with E-state index in [2.05, 4.69) is 24.5 Å². The lowest BCUT2D eigenvalue weighted by atomic mass is 10.0. The number of amides is 4. The van der Waals surface area contributed by atoms with Crippen molar-refractivity contribution >= 4 is 17.8 Å². The number of carbonyl (C=O) groups is 3. The van der Waals surface area contributed by atoms with Crippen LogP contribution in [0.15, 0.2) is 24.3 Å². The second kappa shape index (κ2) is 8.65. The second-order valence-corrected chi connectivity index (χ2v) is 6.99. The van der Waals surface area contributed by atoms with E-state index in [-0.39, 0.29) is 30.9 Å². The molecule has 1 aromatic carbocycles. The third kappa shape index (κ3) is 5.31. The highest BCUT2D eigenvalue weighted by Crippen LogP contribution is 2.15. The minimum Gasteiger partial charge on any atom is -0.350 e. The van der Waals surface area contributed by atoms with Crippen molar-refractivity contribution in [2.45, 2.75) is 52.6 Å². The molecule has 0 radical (unpaired) electrons. The SMILES string of the molecule is CC(C)CCC[C@H](C)NC(=O)c1ccccc1CN1C(=O)CNC1=O. The fourth-order valence-corrected chi connectivity index (χ4v) is 2.87. The summed E-state index contributed by atoms with van der Waals surface area (Å²) in [7, 11) is 0. The highest BCUT2D eigenvalue weighted by atomic mass is 16.2. The molecule has 6 heteroatoms. The first-order chi connectivity index (χ1) is 11.9. The van der Waals surface area contributed by atoms with Crippen molar-refractivity contribution < 1.29 is 14.4 Å². The van der Waals surface area contributed by atoms with Gasteiger partial charge in [-0.3, -0.25) is 14.5 Å². The molecular formula is C19H27N3O3. The molecule has 25 heavy (non-hydrogen) atoms. The van der Waals surface area contributed by atoms with Crippen molar-refractivity contribution in [3.8, 4) is 0 Å². The Bertz CT molecular complexity index is 627. The third-order valence-corrected chi connectivity index (χ3v) is 4.32. The molecule has 136 valence electrons. The standard InChI is InChI=1S/C19H27N3O3/c1-13(2)7-6-8-14(3)21-18(24)16-10-5-4-9-15(16)12-22-17(23)11-20-19(22)25/h4-5,9-10,13-14H,6-8,11-12H2,1-3H3,(H,20,25)(H,21,24)/t14-/m0/s1. The van der Waals surface area contributed by atoms with Gasteiger partial charge in [0, 0.05) is 11.6 Å². The van der Waals surface area contributed by atoms with Gasteiger partial charge in [0.2, 0.25) is 5.91 Å². The summed E-state index contributed by atoms with van der Waals surface area (Å²) in [6, 6.07) is 6.75. The lowest BCUT2D eigenvalue weighted by Crippen LogP contribution is -2.35. The minimum absolute atomic E-state index is 0.0140. The number of carbonyl (C=O) groups excluding carboxylic acids is 3. The number of imide groups is 1. The molecule has 2 N–H and O–H groups in total. The van der Waals surface area contributed by atoms with Crippen LogP contribution in [0.25, 0.3) is 0 Å². The van der Waals surface area contributed by atoms with E-state index in [0.29, 0.717) is 17.0 Å². The van der Waals surface area contributed by atoms with E-state index in [0.717, 1.165) is 24.2 Å². The summed E-state index contributed by atoms with van der Waals surface area (Å²) < 4.78 is 0. The average molecular weight is 345 g/mol. The molecule has 0 unspecified atom stereocenters. The van der Waals surface area contributed by atoms with Crippen LogP contribution >= 0.6 is 0 Å². The van der Waals surface area contributed by atoms with Gasteiger partial charge in [0.25, 0.3) is 5.91 Å². The van der Waals surface area contributed by atoms with Gasteiger partial charge in [-0.25, -0.2) is 4.79 Å². The number of nitrogens with one attached hydrogen (secondary N) is 2. The molecule has 0 aromatic heterocycles. The van der Waals surface area contributed by atoms with Crippen LogP contribution in [0.2, 0.25) is 0 Å². The van der Waals surface area contributed by atoms with Crippen molar-refractivity contribution in [1.29, 1.82) is 0 Å². The van der Waals surface area contributed by atoms with Crippen molar-refractivity contribution in [2.24, 2.45) is 5.92 Å². The molecule has 0 bridgehead atoms. The fraction of sp³-hybridized carbons (Fsp3) is 0.526. The molecular weight excluding hydrogens is 318 g/mol. The molecule has 1 saturated heterocycles. The maximum Gasteiger partial charge on any atom is 0.324 e. The number of urea groups is 1. The van der Waals surface area contributed by atoms with Gasteiger partial charge in [-0.1, -0.05) is 44.9 Å². The highest BCUT2D eigenvalue weighted by molar-refractivity contribution is 6.02. The Morgan fingerprint density at radius 2 is 1.92 bits per heavy atom. The molecule has 1 fully saturated rings. The quantitative estimate of drug-likeness (QED) is 0.711. The summed E-state index contributed by atoms with van der Waals surface area (Å²) in [4.78, 5) is 37.2. The lowest BCUT2D eigenvalue weighted by molar-refractivity contribution is -0.125. The van der Waals surface area contributed by atoms with Crippen molar-refractivity contribution in [1.82, 2.24) is 15.5 Å². The zero-order chi connectivity index (χ0) is 18.4. The van der Waals surface area contributed by atoms with Crippen molar-refractivity contribution in [3.63, 3.8) is 0 Å². The number of nitrogens with zero attached hydrogens (tertiary/aromatic N) is 1. The monoisotopic (exact) mass is 345 g/mol. The second-order valence-electron chi connectivity index (χ2n) is 6.99. The molecule has 2 rings (SSSR count). The van der Waals surface area contributed by atoms with Gasteiger partial charge in [-0.05, 0) is 30.9 Å². The van der Waals surface area contributed by atoms with Gasteiger partial charge >= 0.3 is 6.03 Å². The van der Waals surface area contributed by atoms with Crippen LogP contribution in [0.3, 0.4) is 0 Å². The lowest BCUT2D eigenvalue weighted by Gasteiger charge is -2.18. The molecule has 1 aromatic rings. The summed E-state index contributed by atoms with van der Waals surface area (Å²) in [5.41, 5.74) is 1.17. The Kier molecular flexibility index (Phi) is 6.56.